The molecule has 104 valence electrons. The topological polar surface area (TPSA) is 70.3 Å². The Morgan fingerprint density at radius 2 is 2.00 bits per heavy atom. The van der Waals surface area contributed by atoms with Crippen LogP contribution in [0.3, 0.4) is 0 Å². The monoisotopic (exact) mass is 279 g/mol. The van der Waals surface area contributed by atoms with E-state index in [1.54, 1.807) is 18.2 Å². The van der Waals surface area contributed by atoms with Gasteiger partial charge in [-0.25, -0.2) is 4.79 Å². The third-order valence-electron chi connectivity index (χ3n) is 2.79. The lowest BCUT2D eigenvalue weighted by atomic mass is 10.1. The number of nitrogens with zero attached hydrogens (tertiary/aromatic N) is 1. The maximum atomic E-state index is 10.6. The van der Waals surface area contributed by atoms with E-state index < -0.39 is 5.97 Å². The van der Waals surface area contributed by atoms with Gasteiger partial charge in [0.25, 0.3) is 0 Å². The zero-order valence-electron chi connectivity index (χ0n) is 11.2. The standard InChI is InChI=1S/C17H13NO3/c18-11-14-6-7-15(8-9-17(19)20)16(10-14)21-12-13-4-2-1-3-5-13/h1-10H,12H2,(H,19,20). The smallest absolute Gasteiger partial charge is 0.328 e. The van der Waals surface area contributed by atoms with Gasteiger partial charge in [0, 0.05) is 11.6 Å². The molecule has 0 aliphatic rings. The SMILES string of the molecule is N#Cc1ccc(C=CC(=O)O)c(OCc2ccccc2)c1. The summed E-state index contributed by atoms with van der Waals surface area (Å²) in [4.78, 5) is 10.6. The van der Waals surface area contributed by atoms with E-state index in [9.17, 15) is 4.79 Å². The van der Waals surface area contributed by atoms with Crippen LogP contribution in [-0.2, 0) is 11.4 Å². The van der Waals surface area contributed by atoms with Crippen LogP contribution in [0, 0.1) is 11.3 Å². The molecule has 0 saturated carbocycles. The number of carboxylic acid groups (broad SMARTS) is 1. The summed E-state index contributed by atoms with van der Waals surface area (Å²) in [5, 5.41) is 17.6. The molecule has 0 aliphatic carbocycles. The van der Waals surface area contributed by atoms with Gasteiger partial charge in [-0.3, -0.25) is 0 Å². The van der Waals surface area contributed by atoms with Crippen LogP contribution >= 0.6 is 0 Å². The number of benzene rings is 2. The second-order valence-corrected chi connectivity index (χ2v) is 4.31. The summed E-state index contributed by atoms with van der Waals surface area (Å²) in [5.41, 5.74) is 2.07. The maximum absolute atomic E-state index is 10.6. The number of carbonyl (C=O) groups is 1. The van der Waals surface area contributed by atoms with Gasteiger partial charge in [-0.05, 0) is 29.8 Å². The minimum absolute atomic E-state index is 0.351. The molecule has 0 fully saturated rings. The van der Waals surface area contributed by atoms with Crippen LogP contribution in [0.5, 0.6) is 5.75 Å². The molecule has 0 aromatic heterocycles. The van der Waals surface area contributed by atoms with Gasteiger partial charge in [-0.1, -0.05) is 30.3 Å². The molecule has 0 atom stereocenters. The molecule has 2 aromatic carbocycles. The van der Waals surface area contributed by atoms with Gasteiger partial charge < -0.3 is 9.84 Å². The van der Waals surface area contributed by atoms with Crippen molar-refractivity contribution < 1.29 is 14.6 Å². The molecular weight excluding hydrogens is 266 g/mol. The molecule has 0 bridgehead atoms. The first-order valence-corrected chi connectivity index (χ1v) is 6.31. The molecule has 2 rings (SSSR count). The summed E-state index contributed by atoms with van der Waals surface area (Å²) in [6, 6.07) is 16.5. The van der Waals surface area contributed by atoms with Gasteiger partial charge >= 0.3 is 5.97 Å². The average Bonchev–Trinajstić information content (AvgIpc) is 2.52. The minimum atomic E-state index is -1.03. The molecule has 0 heterocycles. The number of hydrogen-bond donors (Lipinski definition) is 1. The van der Waals surface area contributed by atoms with Crippen molar-refractivity contribution in [3.8, 4) is 11.8 Å². The Balaban J connectivity index is 2.23. The zero-order chi connectivity index (χ0) is 15.1. The first kappa shape index (κ1) is 14.4. The molecule has 0 aliphatic heterocycles. The van der Waals surface area contributed by atoms with Crippen LogP contribution in [0.15, 0.2) is 54.6 Å². The largest absolute Gasteiger partial charge is 0.488 e. The van der Waals surface area contributed by atoms with Crippen molar-refractivity contribution in [2.24, 2.45) is 0 Å². The van der Waals surface area contributed by atoms with Crippen molar-refractivity contribution in [3.05, 3.63) is 71.3 Å². The Bertz CT molecular complexity index is 700. The van der Waals surface area contributed by atoms with E-state index >= 15 is 0 Å². The molecule has 4 heteroatoms. The number of hydrogen-bond acceptors (Lipinski definition) is 3. The summed E-state index contributed by atoms with van der Waals surface area (Å²) < 4.78 is 5.70. The van der Waals surface area contributed by atoms with Crippen molar-refractivity contribution in [2.45, 2.75) is 6.61 Å². The van der Waals surface area contributed by atoms with Crippen LogP contribution in [0.2, 0.25) is 0 Å². The normalized spacial score (nSPS) is 10.2. The van der Waals surface area contributed by atoms with E-state index in [1.165, 1.54) is 6.08 Å². The quantitative estimate of drug-likeness (QED) is 0.853. The van der Waals surface area contributed by atoms with Gasteiger partial charge in [0.2, 0.25) is 0 Å². The molecule has 2 aromatic rings. The summed E-state index contributed by atoms with van der Waals surface area (Å²) in [6.45, 7) is 0.351. The molecule has 0 saturated heterocycles. The van der Waals surface area contributed by atoms with Crippen LogP contribution in [0.4, 0.5) is 0 Å². The van der Waals surface area contributed by atoms with Crippen molar-refractivity contribution in [3.63, 3.8) is 0 Å². The number of ether oxygens (including phenoxy) is 1. The molecule has 0 amide bonds. The summed E-state index contributed by atoms with van der Waals surface area (Å²) >= 11 is 0. The van der Waals surface area contributed by atoms with Crippen LogP contribution in [-0.4, -0.2) is 11.1 Å². The highest BCUT2D eigenvalue weighted by Gasteiger charge is 2.04. The maximum Gasteiger partial charge on any atom is 0.328 e. The lowest BCUT2D eigenvalue weighted by molar-refractivity contribution is -0.131. The fourth-order valence-electron chi connectivity index (χ4n) is 1.76. The highest BCUT2D eigenvalue weighted by molar-refractivity contribution is 5.86. The van der Waals surface area contributed by atoms with E-state index in [2.05, 4.69) is 0 Å². The fourth-order valence-corrected chi connectivity index (χ4v) is 1.76. The number of rotatable bonds is 5. The molecular formula is C17H13NO3. The highest BCUT2D eigenvalue weighted by Crippen LogP contribution is 2.23. The van der Waals surface area contributed by atoms with Crippen LogP contribution in [0.25, 0.3) is 6.08 Å². The van der Waals surface area contributed by atoms with Gasteiger partial charge in [-0.2, -0.15) is 5.26 Å². The van der Waals surface area contributed by atoms with E-state index in [4.69, 9.17) is 15.1 Å². The summed E-state index contributed by atoms with van der Waals surface area (Å²) in [5.74, 6) is -0.552. The molecule has 0 unspecified atom stereocenters. The van der Waals surface area contributed by atoms with Crippen LogP contribution in [0.1, 0.15) is 16.7 Å². The fraction of sp³-hybridized carbons (Fsp3) is 0.0588. The van der Waals surface area contributed by atoms with Crippen molar-refractivity contribution in [1.82, 2.24) is 0 Å². The van der Waals surface area contributed by atoms with E-state index in [0.717, 1.165) is 11.6 Å². The predicted octanol–water partition coefficient (Wildman–Crippen LogP) is 3.24. The van der Waals surface area contributed by atoms with E-state index in [0.29, 0.717) is 23.5 Å². The van der Waals surface area contributed by atoms with Gasteiger partial charge in [0.1, 0.15) is 12.4 Å². The van der Waals surface area contributed by atoms with E-state index in [-0.39, 0.29) is 0 Å². The Kier molecular flexibility index (Phi) is 4.73. The summed E-state index contributed by atoms with van der Waals surface area (Å²) in [6.07, 6.45) is 2.49. The molecule has 1 N–H and O–H groups in total. The van der Waals surface area contributed by atoms with Gasteiger partial charge in [0.05, 0.1) is 11.6 Å². The Morgan fingerprint density at radius 3 is 2.67 bits per heavy atom. The van der Waals surface area contributed by atoms with Crippen molar-refractivity contribution in [1.29, 1.82) is 5.26 Å². The zero-order valence-corrected chi connectivity index (χ0v) is 11.2. The average molecular weight is 279 g/mol. The Morgan fingerprint density at radius 1 is 1.24 bits per heavy atom. The van der Waals surface area contributed by atoms with Gasteiger partial charge in [0.15, 0.2) is 0 Å². The third kappa shape index (κ3) is 4.22. The highest BCUT2D eigenvalue weighted by atomic mass is 16.5. The summed E-state index contributed by atoms with van der Waals surface area (Å²) in [7, 11) is 0. The van der Waals surface area contributed by atoms with Gasteiger partial charge in [-0.15, -0.1) is 0 Å². The first-order valence-electron chi connectivity index (χ1n) is 6.31. The number of carboxylic acids is 1. The molecule has 21 heavy (non-hydrogen) atoms. The second-order valence-electron chi connectivity index (χ2n) is 4.31. The molecule has 0 radical (unpaired) electrons. The lowest BCUT2D eigenvalue weighted by Crippen LogP contribution is -1.97. The number of nitriles is 1. The number of aliphatic carboxylic acids is 1. The first-order chi connectivity index (χ1) is 10.2. The molecule has 0 spiro atoms. The van der Waals surface area contributed by atoms with Crippen molar-refractivity contribution >= 4 is 12.0 Å². The second kappa shape index (κ2) is 6.92. The van der Waals surface area contributed by atoms with Crippen molar-refractivity contribution in [2.75, 3.05) is 0 Å². The third-order valence-corrected chi connectivity index (χ3v) is 2.79. The predicted molar refractivity (Wildman–Crippen MR) is 78.6 cm³/mol. The Labute approximate surface area is 122 Å². The van der Waals surface area contributed by atoms with E-state index in [1.807, 2.05) is 36.4 Å². The minimum Gasteiger partial charge on any atom is -0.488 e. The van der Waals surface area contributed by atoms with Crippen LogP contribution < -0.4 is 4.74 Å². The lowest BCUT2D eigenvalue weighted by Gasteiger charge is -2.09. The Hall–Kier alpha value is -3.06. The molecule has 4 nitrogen and oxygen atoms in total.